The number of halogens is 2. The molecule has 0 spiro atoms. The van der Waals surface area contributed by atoms with E-state index >= 15 is 0 Å². The smallest absolute Gasteiger partial charge is 0.258 e. The molecule has 2 aromatic carbocycles. The van der Waals surface area contributed by atoms with Crippen LogP contribution in [0.5, 0.6) is 11.5 Å². The number of phenols is 1. The van der Waals surface area contributed by atoms with Crippen molar-refractivity contribution < 1.29 is 14.6 Å². The number of carbonyl (C=O) groups is 1. The minimum atomic E-state index is -0.116. The second kappa shape index (κ2) is 5.91. The second-order valence-corrected chi connectivity index (χ2v) is 6.46. The van der Waals surface area contributed by atoms with Crippen LogP contribution in [0, 0.1) is 0 Å². The summed E-state index contributed by atoms with van der Waals surface area (Å²) in [6.07, 6.45) is 1.74. The van der Waals surface area contributed by atoms with Gasteiger partial charge in [0.25, 0.3) is 5.91 Å². The number of amides is 1. The molecular weight excluding hydrogens is 382 g/mol. The molecule has 0 saturated carbocycles. The van der Waals surface area contributed by atoms with E-state index < -0.39 is 0 Å². The average Bonchev–Trinajstić information content (AvgIpc) is 2.75. The van der Waals surface area contributed by atoms with Crippen LogP contribution in [0.3, 0.4) is 0 Å². The van der Waals surface area contributed by atoms with Crippen LogP contribution in [0.25, 0.3) is 11.6 Å². The van der Waals surface area contributed by atoms with Gasteiger partial charge in [-0.05, 0) is 42.0 Å². The Morgan fingerprint density at radius 1 is 1.30 bits per heavy atom. The van der Waals surface area contributed by atoms with Gasteiger partial charge in [-0.1, -0.05) is 27.5 Å². The van der Waals surface area contributed by atoms with Crippen LogP contribution in [0.15, 0.2) is 34.8 Å². The Hall–Kier alpha value is -1.98. The van der Waals surface area contributed by atoms with E-state index in [9.17, 15) is 9.90 Å². The fourth-order valence-corrected chi connectivity index (χ4v) is 3.14. The molecular formula is C17H13BrClNO3. The van der Waals surface area contributed by atoms with Gasteiger partial charge >= 0.3 is 0 Å². The fraction of sp³-hybridized carbons (Fsp3) is 0.118. The molecule has 1 aliphatic heterocycles. The number of hydrogen-bond acceptors (Lipinski definition) is 3. The van der Waals surface area contributed by atoms with Gasteiger partial charge in [0.2, 0.25) is 0 Å². The maximum Gasteiger partial charge on any atom is 0.258 e. The molecule has 23 heavy (non-hydrogen) atoms. The summed E-state index contributed by atoms with van der Waals surface area (Å²) in [6, 6.07) is 8.92. The monoisotopic (exact) mass is 393 g/mol. The normalized spacial score (nSPS) is 15.2. The predicted molar refractivity (Wildman–Crippen MR) is 95.1 cm³/mol. The molecule has 1 N–H and O–H groups in total. The Morgan fingerprint density at radius 2 is 2.04 bits per heavy atom. The number of phenolic OH excluding ortho intramolecular Hbond substituents is 1. The van der Waals surface area contributed by atoms with Crippen molar-refractivity contribution in [3.05, 3.63) is 51.0 Å². The number of ether oxygens (including phenoxy) is 1. The Labute approximate surface area is 147 Å². The Bertz CT molecular complexity index is 848. The van der Waals surface area contributed by atoms with E-state index in [0.29, 0.717) is 11.1 Å². The number of nitrogens with zero attached hydrogens (tertiary/aromatic N) is 1. The molecule has 1 amide bonds. The van der Waals surface area contributed by atoms with E-state index in [1.54, 1.807) is 30.2 Å². The molecule has 0 saturated heterocycles. The van der Waals surface area contributed by atoms with Crippen LogP contribution >= 0.6 is 27.5 Å². The predicted octanol–water partition coefficient (Wildman–Crippen LogP) is 4.33. The van der Waals surface area contributed by atoms with Gasteiger partial charge in [-0.3, -0.25) is 4.79 Å². The first-order chi connectivity index (χ1) is 10.9. The number of anilines is 1. The summed E-state index contributed by atoms with van der Waals surface area (Å²) in [7, 11) is 3.18. The molecule has 3 rings (SSSR count). The van der Waals surface area contributed by atoms with Gasteiger partial charge in [0.15, 0.2) is 11.5 Å². The summed E-state index contributed by atoms with van der Waals surface area (Å²) in [6.45, 7) is 0. The maximum atomic E-state index is 12.5. The Morgan fingerprint density at radius 3 is 2.74 bits per heavy atom. The quantitative estimate of drug-likeness (QED) is 0.771. The molecule has 0 bridgehead atoms. The van der Waals surface area contributed by atoms with E-state index in [0.717, 1.165) is 15.7 Å². The van der Waals surface area contributed by atoms with Gasteiger partial charge in [0.05, 0.1) is 17.8 Å². The molecule has 6 heteroatoms. The highest BCUT2D eigenvalue weighted by atomic mass is 79.9. The molecule has 0 radical (unpaired) electrons. The van der Waals surface area contributed by atoms with Crippen LogP contribution in [0.2, 0.25) is 5.02 Å². The molecule has 1 aliphatic rings. The first-order valence-corrected chi connectivity index (χ1v) is 7.95. The second-order valence-electron chi connectivity index (χ2n) is 5.14. The number of benzene rings is 2. The van der Waals surface area contributed by atoms with Crippen LogP contribution in [0.4, 0.5) is 5.69 Å². The van der Waals surface area contributed by atoms with Crippen molar-refractivity contribution in [3.8, 4) is 11.5 Å². The van der Waals surface area contributed by atoms with Crippen molar-refractivity contribution in [2.45, 2.75) is 0 Å². The number of carbonyl (C=O) groups excluding carboxylic acids is 1. The molecule has 0 unspecified atom stereocenters. The molecule has 4 nitrogen and oxygen atoms in total. The fourth-order valence-electron chi connectivity index (χ4n) is 2.56. The van der Waals surface area contributed by atoms with Crippen LogP contribution < -0.4 is 9.64 Å². The lowest BCUT2D eigenvalue weighted by atomic mass is 10.0. The molecule has 118 valence electrons. The molecule has 2 aromatic rings. The van der Waals surface area contributed by atoms with Crippen molar-refractivity contribution in [2.24, 2.45) is 0 Å². The van der Waals surface area contributed by atoms with Crippen LogP contribution in [0.1, 0.15) is 11.1 Å². The number of aromatic hydroxyl groups is 1. The standard InChI is InChI=1S/C17H13BrClNO3/c1-20-14-4-3-10(18)8-11(14)12(17(20)22)5-9-6-13(19)16(21)15(7-9)23-2/h3-8,21H,1-2H3/b12-5+. The van der Waals surface area contributed by atoms with Crippen LogP contribution in [-0.4, -0.2) is 25.2 Å². The first-order valence-electron chi connectivity index (χ1n) is 6.78. The molecule has 0 atom stereocenters. The summed E-state index contributed by atoms with van der Waals surface area (Å²) >= 11 is 9.44. The molecule has 0 aliphatic carbocycles. The summed E-state index contributed by atoms with van der Waals surface area (Å²) in [5.74, 6) is 0.0493. The van der Waals surface area contributed by atoms with Crippen molar-refractivity contribution in [2.75, 3.05) is 19.1 Å². The third-order valence-corrected chi connectivity index (χ3v) is 4.51. The summed E-state index contributed by atoms with van der Waals surface area (Å²) < 4.78 is 6.00. The van der Waals surface area contributed by atoms with E-state index in [4.69, 9.17) is 16.3 Å². The van der Waals surface area contributed by atoms with Crippen molar-refractivity contribution in [1.82, 2.24) is 0 Å². The van der Waals surface area contributed by atoms with Gasteiger partial charge in [0, 0.05) is 22.7 Å². The van der Waals surface area contributed by atoms with Crippen LogP contribution in [-0.2, 0) is 4.79 Å². The third-order valence-electron chi connectivity index (χ3n) is 3.73. The topological polar surface area (TPSA) is 49.8 Å². The molecule has 1 heterocycles. The minimum absolute atomic E-state index is 0.0961. The average molecular weight is 395 g/mol. The summed E-state index contributed by atoms with van der Waals surface area (Å²) in [5, 5.41) is 9.98. The number of rotatable bonds is 2. The molecule has 0 aromatic heterocycles. The summed E-state index contributed by atoms with van der Waals surface area (Å²) in [5.41, 5.74) is 2.93. The lowest BCUT2D eigenvalue weighted by Crippen LogP contribution is -2.20. The minimum Gasteiger partial charge on any atom is -0.503 e. The van der Waals surface area contributed by atoms with E-state index in [-0.39, 0.29) is 22.4 Å². The van der Waals surface area contributed by atoms with Gasteiger partial charge in [0.1, 0.15) is 0 Å². The van der Waals surface area contributed by atoms with Crippen molar-refractivity contribution in [3.63, 3.8) is 0 Å². The third kappa shape index (κ3) is 2.71. The highest BCUT2D eigenvalue weighted by molar-refractivity contribution is 9.10. The zero-order valence-electron chi connectivity index (χ0n) is 12.4. The van der Waals surface area contributed by atoms with Gasteiger partial charge in [-0.15, -0.1) is 0 Å². The highest BCUT2D eigenvalue weighted by Crippen LogP contribution is 2.40. The van der Waals surface area contributed by atoms with Crippen molar-refractivity contribution in [1.29, 1.82) is 0 Å². The number of likely N-dealkylation sites (N-methyl/N-ethyl adjacent to an activating group) is 1. The largest absolute Gasteiger partial charge is 0.503 e. The molecule has 0 fully saturated rings. The van der Waals surface area contributed by atoms with Gasteiger partial charge in [-0.25, -0.2) is 0 Å². The number of fused-ring (bicyclic) bond motifs is 1. The van der Waals surface area contributed by atoms with E-state index in [1.165, 1.54) is 7.11 Å². The lowest BCUT2D eigenvalue weighted by Gasteiger charge is -2.08. The van der Waals surface area contributed by atoms with Gasteiger partial charge in [-0.2, -0.15) is 0 Å². The highest BCUT2D eigenvalue weighted by Gasteiger charge is 2.29. The van der Waals surface area contributed by atoms with E-state index in [1.807, 2.05) is 18.2 Å². The van der Waals surface area contributed by atoms with Gasteiger partial charge < -0.3 is 14.7 Å². The number of hydrogen-bond donors (Lipinski definition) is 1. The number of methoxy groups -OCH3 is 1. The SMILES string of the molecule is COc1cc(/C=C2/C(=O)N(C)c3ccc(Br)cc32)cc(Cl)c1O. The van der Waals surface area contributed by atoms with E-state index in [2.05, 4.69) is 15.9 Å². The lowest BCUT2D eigenvalue weighted by molar-refractivity contribution is -0.112. The zero-order chi connectivity index (χ0) is 16.7. The Kier molecular flexibility index (Phi) is 4.08. The summed E-state index contributed by atoms with van der Waals surface area (Å²) in [4.78, 5) is 14.1. The maximum absolute atomic E-state index is 12.5. The Balaban J connectivity index is 2.16. The zero-order valence-corrected chi connectivity index (χ0v) is 14.8. The first kappa shape index (κ1) is 15.9. The van der Waals surface area contributed by atoms with Crippen molar-refractivity contribution >= 4 is 50.8 Å².